The largest absolute Gasteiger partial charge is 0.465 e. The summed E-state index contributed by atoms with van der Waals surface area (Å²) in [5.74, 6) is -0.177. The van der Waals surface area contributed by atoms with E-state index in [1.807, 2.05) is 0 Å². The molecule has 0 amide bonds. The standard InChI is InChI=1S/C13H26O8S.C6H6Cl6/c14-3-12(4-15,5-16)8-20-9-13(6-17,7-18)10-21-11(19)1-2-22;7-1-2(8)4(10)6(12)5(11)3(1)9/h14-18,22H,1-10H2;1-6H/t;1-,2-,3-,4+,5+,6+. The van der Waals surface area contributed by atoms with Gasteiger partial charge >= 0.3 is 5.97 Å². The summed E-state index contributed by atoms with van der Waals surface area (Å²) in [4.78, 5) is 11.3. The molecule has 0 atom stereocenters. The van der Waals surface area contributed by atoms with Gasteiger partial charge in [-0.3, -0.25) is 4.79 Å². The summed E-state index contributed by atoms with van der Waals surface area (Å²) in [6.45, 7) is -3.01. The first-order valence-electron chi connectivity index (χ1n) is 10.2. The van der Waals surface area contributed by atoms with E-state index in [2.05, 4.69) is 12.6 Å². The van der Waals surface area contributed by atoms with Crippen molar-refractivity contribution in [2.24, 2.45) is 10.8 Å². The second kappa shape index (κ2) is 17.8. The highest BCUT2D eigenvalue weighted by molar-refractivity contribution is 7.80. The third-order valence-electron chi connectivity index (χ3n) is 5.17. The van der Waals surface area contributed by atoms with Crippen molar-refractivity contribution in [1.82, 2.24) is 0 Å². The van der Waals surface area contributed by atoms with Gasteiger partial charge in [0.05, 0.1) is 95.8 Å². The summed E-state index contributed by atoms with van der Waals surface area (Å²) in [5.41, 5.74) is -2.41. The van der Waals surface area contributed by atoms with Gasteiger partial charge in [0.25, 0.3) is 0 Å². The summed E-state index contributed by atoms with van der Waals surface area (Å²) in [6.07, 6.45) is 0.111. The maximum atomic E-state index is 11.3. The lowest BCUT2D eigenvalue weighted by Gasteiger charge is -2.37. The SMILES string of the molecule is Cl[C@H]1[C@H](Cl)[C@@H](Cl)[C@@H](Cl)[C@H](Cl)[C@H]1Cl.O=C(CCS)OCC(CO)(CO)COCC(CO)(CO)CO. The summed E-state index contributed by atoms with van der Waals surface area (Å²) >= 11 is 39.2. The van der Waals surface area contributed by atoms with Crippen LogP contribution in [-0.2, 0) is 14.3 Å². The van der Waals surface area contributed by atoms with Gasteiger partial charge < -0.3 is 35.0 Å². The molecule has 0 heterocycles. The Labute approximate surface area is 235 Å². The molecule has 0 spiro atoms. The van der Waals surface area contributed by atoms with Crippen LogP contribution in [0.1, 0.15) is 6.42 Å². The number of rotatable bonds is 13. The van der Waals surface area contributed by atoms with E-state index in [-0.39, 0.29) is 26.2 Å². The maximum absolute atomic E-state index is 11.3. The average molecular weight is 633 g/mol. The average Bonchev–Trinajstić information content (AvgIpc) is 2.86. The number of ether oxygens (including phenoxy) is 2. The van der Waals surface area contributed by atoms with Crippen LogP contribution in [0.5, 0.6) is 0 Å². The van der Waals surface area contributed by atoms with E-state index in [0.717, 1.165) is 0 Å². The highest BCUT2D eigenvalue weighted by Crippen LogP contribution is 2.39. The van der Waals surface area contributed by atoms with Crippen LogP contribution in [0.2, 0.25) is 0 Å². The molecular formula is C19H32Cl6O8S. The number of carbonyl (C=O) groups excluding carboxylic acids is 1. The zero-order chi connectivity index (χ0) is 26.5. The van der Waals surface area contributed by atoms with Gasteiger partial charge in [-0.05, 0) is 0 Å². The van der Waals surface area contributed by atoms with Gasteiger partial charge in [0, 0.05) is 5.75 Å². The summed E-state index contributed by atoms with van der Waals surface area (Å²) in [7, 11) is 0. The molecule has 0 aromatic rings. The number of aliphatic hydroxyl groups excluding tert-OH is 5. The van der Waals surface area contributed by atoms with Crippen molar-refractivity contribution in [3.8, 4) is 0 Å². The van der Waals surface area contributed by atoms with Crippen LogP contribution in [0.4, 0.5) is 0 Å². The second-order valence-corrected chi connectivity index (χ2v) is 11.6. The predicted molar refractivity (Wildman–Crippen MR) is 138 cm³/mol. The van der Waals surface area contributed by atoms with Gasteiger partial charge in [0.15, 0.2) is 0 Å². The first-order chi connectivity index (χ1) is 15.9. The molecule has 0 bridgehead atoms. The highest BCUT2D eigenvalue weighted by atomic mass is 35.5. The van der Waals surface area contributed by atoms with Gasteiger partial charge in [-0.25, -0.2) is 0 Å². The van der Waals surface area contributed by atoms with Crippen LogP contribution in [0.3, 0.4) is 0 Å². The second-order valence-electron chi connectivity index (χ2n) is 8.08. The molecule has 0 aromatic heterocycles. The predicted octanol–water partition coefficient (Wildman–Crippen LogP) is 1.44. The van der Waals surface area contributed by atoms with E-state index in [9.17, 15) is 30.3 Å². The lowest BCUT2D eigenvalue weighted by atomic mass is 9.90. The summed E-state index contributed by atoms with van der Waals surface area (Å²) in [6, 6.07) is 0. The molecule has 0 aromatic carbocycles. The van der Waals surface area contributed by atoms with E-state index in [4.69, 9.17) is 79.1 Å². The molecule has 1 fully saturated rings. The van der Waals surface area contributed by atoms with E-state index < -0.39 is 82.1 Å². The van der Waals surface area contributed by atoms with Crippen LogP contribution in [0.25, 0.3) is 0 Å². The van der Waals surface area contributed by atoms with Crippen molar-refractivity contribution in [3.05, 3.63) is 0 Å². The Morgan fingerprint density at radius 2 is 0.971 bits per heavy atom. The smallest absolute Gasteiger partial charge is 0.306 e. The fourth-order valence-electron chi connectivity index (χ4n) is 2.50. The molecule has 0 radical (unpaired) electrons. The van der Waals surface area contributed by atoms with Gasteiger partial charge in [0.2, 0.25) is 0 Å². The molecule has 8 nitrogen and oxygen atoms in total. The van der Waals surface area contributed by atoms with Gasteiger partial charge in [-0.15, -0.1) is 69.6 Å². The Morgan fingerprint density at radius 1 is 0.647 bits per heavy atom. The zero-order valence-corrected chi connectivity index (χ0v) is 23.6. The molecular weight excluding hydrogens is 601 g/mol. The number of hydrogen-bond acceptors (Lipinski definition) is 9. The zero-order valence-electron chi connectivity index (χ0n) is 18.2. The number of thiol groups is 1. The van der Waals surface area contributed by atoms with Crippen molar-refractivity contribution in [3.63, 3.8) is 0 Å². The molecule has 0 aliphatic heterocycles. The normalized spacial score (nSPS) is 27.6. The van der Waals surface area contributed by atoms with E-state index in [1.165, 1.54) is 0 Å². The Morgan fingerprint density at radius 3 is 1.26 bits per heavy atom. The van der Waals surface area contributed by atoms with Crippen LogP contribution in [-0.4, -0.2) is 122 Å². The molecule has 0 saturated heterocycles. The van der Waals surface area contributed by atoms with Gasteiger partial charge in [-0.2, -0.15) is 12.6 Å². The maximum Gasteiger partial charge on any atom is 0.306 e. The number of esters is 1. The Kier molecular flexibility index (Phi) is 18.4. The van der Waals surface area contributed by atoms with E-state index in [1.54, 1.807) is 0 Å². The number of hydrogen-bond donors (Lipinski definition) is 6. The lowest BCUT2D eigenvalue weighted by molar-refractivity contribution is -0.154. The minimum absolute atomic E-state index is 0.111. The Hall–Kier alpha value is 1.32. The van der Waals surface area contributed by atoms with Gasteiger partial charge in [-0.1, -0.05) is 0 Å². The summed E-state index contributed by atoms with van der Waals surface area (Å²) in [5, 5.41) is 43.8. The molecule has 1 aliphatic rings. The van der Waals surface area contributed by atoms with Crippen molar-refractivity contribution in [2.75, 3.05) is 58.6 Å². The Bertz CT molecular complexity index is 506. The fourth-order valence-corrected chi connectivity index (χ4v) is 5.01. The third-order valence-corrected chi connectivity index (χ3v) is 9.43. The number of alkyl halides is 6. The molecule has 1 saturated carbocycles. The van der Waals surface area contributed by atoms with Gasteiger partial charge in [0.1, 0.15) is 6.61 Å². The number of aliphatic hydroxyl groups is 5. The quantitative estimate of drug-likeness (QED) is 0.102. The molecule has 15 heteroatoms. The minimum atomic E-state index is -1.21. The van der Waals surface area contributed by atoms with Crippen LogP contribution >= 0.6 is 82.2 Å². The van der Waals surface area contributed by atoms with Crippen molar-refractivity contribution in [2.45, 2.75) is 38.7 Å². The van der Waals surface area contributed by atoms with Crippen molar-refractivity contribution < 1.29 is 39.8 Å². The molecule has 1 aliphatic carbocycles. The number of carbonyl (C=O) groups is 1. The highest BCUT2D eigenvalue weighted by Gasteiger charge is 2.47. The van der Waals surface area contributed by atoms with Crippen LogP contribution in [0.15, 0.2) is 0 Å². The van der Waals surface area contributed by atoms with E-state index in [0.29, 0.717) is 5.75 Å². The van der Waals surface area contributed by atoms with Crippen molar-refractivity contribution in [1.29, 1.82) is 0 Å². The topological polar surface area (TPSA) is 137 Å². The number of halogens is 6. The van der Waals surface area contributed by atoms with Crippen molar-refractivity contribution >= 4 is 88.2 Å². The first-order valence-corrected chi connectivity index (χ1v) is 13.4. The Balaban J connectivity index is 0.000000757. The molecule has 204 valence electrons. The molecule has 1 rings (SSSR count). The molecule has 0 unspecified atom stereocenters. The molecule has 5 N–H and O–H groups in total. The molecule has 34 heavy (non-hydrogen) atoms. The van der Waals surface area contributed by atoms with Crippen LogP contribution < -0.4 is 0 Å². The minimum Gasteiger partial charge on any atom is -0.465 e. The van der Waals surface area contributed by atoms with E-state index >= 15 is 0 Å². The van der Waals surface area contributed by atoms with Crippen LogP contribution in [0, 0.1) is 10.8 Å². The lowest BCUT2D eigenvalue weighted by Crippen LogP contribution is -2.52. The first kappa shape index (κ1) is 35.3. The third kappa shape index (κ3) is 10.6. The monoisotopic (exact) mass is 630 g/mol. The summed E-state index contributed by atoms with van der Waals surface area (Å²) < 4.78 is 10.3. The fraction of sp³-hybridized carbons (Fsp3) is 0.947.